The largest absolute Gasteiger partial charge is 0.489 e. The highest BCUT2D eigenvalue weighted by Gasteiger charge is 2.26. The molecule has 1 aliphatic rings. The number of ether oxygens (including phenoxy) is 3. The van der Waals surface area contributed by atoms with E-state index in [2.05, 4.69) is 20.9 Å². The molecule has 0 unspecified atom stereocenters. The number of halogens is 2. The molecule has 4 aromatic rings. The van der Waals surface area contributed by atoms with E-state index in [1.165, 1.54) is 19.6 Å². The second-order valence-electron chi connectivity index (χ2n) is 11.6. The zero-order valence-corrected chi connectivity index (χ0v) is 25.8. The van der Waals surface area contributed by atoms with Crippen molar-refractivity contribution in [3.05, 3.63) is 81.1 Å². The standard InChI is InChI=1S/C33H34BrFN2O5/c1-33(2,3)42-31(38)20-10-14-25(34)21(16-20)18-41-22-11-12-23(26(35)17-22)30-36-27-15-13-24(32(39)40-4)28(29(27)37-30)19-8-6-5-7-9-19/h10-17,19H,5-9,18H2,1-4H3,(H,36,37). The highest BCUT2D eigenvalue weighted by atomic mass is 79.9. The van der Waals surface area contributed by atoms with Gasteiger partial charge in [0.25, 0.3) is 0 Å². The summed E-state index contributed by atoms with van der Waals surface area (Å²) in [6, 6.07) is 13.3. The normalized spacial score (nSPS) is 14.1. The third kappa shape index (κ3) is 6.51. The van der Waals surface area contributed by atoms with E-state index in [1.807, 2.05) is 20.8 Å². The van der Waals surface area contributed by atoms with Crippen LogP contribution in [-0.4, -0.2) is 34.6 Å². The molecule has 0 atom stereocenters. The van der Waals surface area contributed by atoms with Crippen molar-refractivity contribution in [2.45, 2.75) is 71.0 Å². The number of aromatic amines is 1. The molecular formula is C33H34BrFN2O5. The Morgan fingerprint density at radius 3 is 2.48 bits per heavy atom. The molecule has 1 saturated carbocycles. The SMILES string of the molecule is COC(=O)c1ccc2[nH]c(-c3ccc(OCc4cc(C(=O)OC(C)(C)C)ccc4Br)cc3F)nc2c1C1CCCCC1. The topological polar surface area (TPSA) is 90.5 Å². The number of carbonyl (C=O) groups excluding carboxylic acids is 2. The fourth-order valence-corrected chi connectivity index (χ4v) is 5.77. The van der Waals surface area contributed by atoms with Gasteiger partial charge in [0.05, 0.1) is 34.8 Å². The van der Waals surface area contributed by atoms with Gasteiger partial charge in [0, 0.05) is 16.1 Å². The van der Waals surface area contributed by atoms with Crippen molar-refractivity contribution in [2.24, 2.45) is 0 Å². The van der Waals surface area contributed by atoms with Crippen LogP contribution in [0.1, 0.15) is 90.6 Å². The Kier molecular flexibility index (Phi) is 8.68. The number of nitrogens with zero attached hydrogens (tertiary/aromatic N) is 1. The molecule has 220 valence electrons. The number of hydrogen-bond acceptors (Lipinski definition) is 6. The Balaban J connectivity index is 1.39. The molecule has 0 spiro atoms. The molecule has 7 nitrogen and oxygen atoms in total. The number of fused-ring (bicyclic) bond motifs is 1. The Labute approximate surface area is 252 Å². The van der Waals surface area contributed by atoms with Crippen LogP contribution in [0.3, 0.4) is 0 Å². The lowest BCUT2D eigenvalue weighted by Crippen LogP contribution is -2.24. The first-order valence-electron chi connectivity index (χ1n) is 14.1. The summed E-state index contributed by atoms with van der Waals surface area (Å²) in [6.07, 6.45) is 5.32. The highest BCUT2D eigenvalue weighted by Crippen LogP contribution is 2.39. The van der Waals surface area contributed by atoms with Crippen molar-refractivity contribution in [2.75, 3.05) is 7.11 Å². The Morgan fingerprint density at radius 2 is 1.79 bits per heavy atom. The average molecular weight is 638 g/mol. The highest BCUT2D eigenvalue weighted by molar-refractivity contribution is 9.10. The van der Waals surface area contributed by atoms with Crippen molar-refractivity contribution in [3.63, 3.8) is 0 Å². The predicted octanol–water partition coefficient (Wildman–Crippen LogP) is 8.50. The molecule has 0 bridgehead atoms. The summed E-state index contributed by atoms with van der Waals surface area (Å²) in [5.41, 5.74) is 3.61. The zero-order chi connectivity index (χ0) is 30.0. The molecule has 5 rings (SSSR count). The molecular weight excluding hydrogens is 603 g/mol. The summed E-state index contributed by atoms with van der Waals surface area (Å²) < 4.78 is 32.6. The van der Waals surface area contributed by atoms with Gasteiger partial charge in [0.2, 0.25) is 0 Å². The summed E-state index contributed by atoms with van der Waals surface area (Å²) in [5, 5.41) is 0. The Morgan fingerprint density at radius 1 is 1.02 bits per heavy atom. The lowest BCUT2D eigenvalue weighted by atomic mass is 9.81. The number of imidazole rings is 1. The molecule has 0 amide bonds. The minimum atomic E-state index is -0.610. The maximum absolute atomic E-state index is 15.4. The van der Waals surface area contributed by atoms with E-state index in [-0.39, 0.29) is 12.5 Å². The number of esters is 2. The van der Waals surface area contributed by atoms with Crippen molar-refractivity contribution in [1.29, 1.82) is 0 Å². The van der Waals surface area contributed by atoms with E-state index in [1.54, 1.807) is 42.5 Å². The summed E-state index contributed by atoms with van der Waals surface area (Å²) in [6.45, 7) is 5.55. The fourth-order valence-electron chi connectivity index (χ4n) is 5.40. The van der Waals surface area contributed by atoms with Crippen LogP contribution in [0.15, 0.2) is 53.0 Å². The molecule has 9 heteroatoms. The smallest absolute Gasteiger partial charge is 0.338 e. The maximum atomic E-state index is 15.4. The van der Waals surface area contributed by atoms with E-state index in [0.29, 0.717) is 33.8 Å². The van der Waals surface area contributed by atoms with Gasteiger partial charge in [-0.25, -0.2) is 19.0 Å². The average Bonchev–Trinajstić information content (AvgIpc) is 3.39. The molecule has 42 heavy (non-hydrogen) atoms. The van der Waals surface area contributed by atoms with E-state index >= 15 is 4.39 Å². The van der Waals surface area contributed by atoms with E-state index in [0.717, 1.165) is 46.8 Å². The van der Waals surface area contributed by atoms with Gasteiger partial charge in [-0.1, -0.05) is 35.2 Å². The third-order valence-corrected chi connectivity index (χ3v) is 8.16. The molecule has 0 aliphatic heterocycles. The molecule has 0 radical (unpaired) electrons. The van der Waals surface area contributed by atoms with Crippen molar-refractivity contribution >= 4 is 38.9 Å². The van der Waals surface area contributed by atoms with Crippen LogP contribution in [0.2, 0.25) is 0 Å². The minimum Gasteiger partial charge on any atom is -0.489 e. The summed E-state index contributed by atoms with van der Waals surface area (Å²) in [7, 11) is 1.38. The van der Waals surface area contributed by atoms with Gasteiger partial charge >= 0.3 is 11.9 Å². The van der Waals surface area contributed by atoms with Crippen LogP contribution < -0.4 is 4.74 Å². The van der Waals surface area contributed by atoms with Gasteiger partial charge in [-0.15, -0.1) is 0 Å². The molecule has 1 aromatic heterocycles. The minimum absolute atomic E-state index is 0.113. The lowest BCUT2D eigenvalue weighted by Gasteiger charge is -2.24. The molecule has 3 aromatic carbocycles. The summed E-state index contributed by atoms with van der Waals surface area (Å²) in [5.74, 6) is -0.415. The third-order valence-electron chi connectivity index (χ3n) is 7.38. The first-order chi connectivity index (χ1) is 20.0. The van der Waals surface area contributed by atoms with Crippen molar-refractivity contribution in [1.82, 2.24) is 9.97 Å². The van der Waals surface area contributed by atoms with Gasteiger partial charge in [0.1, 0.15) is 29.6 Å². The summed E-state index contributed by atoms with van der Waals surface area (Å²) in [4.78, 5) is 33.1. The zero-order valence-electron chi connectivity index (χ0n) is 24.2. The number of benzene rings is 3. The quantitative estimate of drug-likeness (QED) is 0.205. The molecule has 0 saturated heterocycles. The van der Waals surface area contributed by atoms with Gasteiger partial charge < -0.3 is 19.2 Å². The van der Waals surface area contributed by atoms with E-state index < -0.39 is 23.4 Å². The van der Waals surface area contributed by atoms with Gasteiger partial charge in [-0.2, -0.15) is 0 Å². The second-order valence-corrected chi connectivity index (χ2v) is 12.4. The predicted molar refractivity (Wildman–Crippen MR) is 162 cm³/mol. The Hall–Kier alpha value is -3.72. The maximum Gasteiger partial charge on any atom is 0.338 e. The van der Waals surface area contributed by atoms with Crippen LogP contribution in [-0.2, 0) is 16.1 Å². The van der Waals surface area contributed by atoms with E-state index in [4.69, 9.17) is 19.2 Å². The van der Waals surface area contributed by atoms with Gasteiger partial charge in [-0.3, -0.25) is 0 Å². The first kappa shape index (κ1) is 29.8. The lowest BCUT2D eigenvalue weighted by molar-refractivity contribution is 0.00691. The summed E-state index contributed by atoms with van der Waals surface area (Å²) >= 11 is 3.49. The van der Waals surface area contributed by atoms with Crippen LogP contribution in [0.5, 0.6) is 5.75 Å². The van der Waals surface area contributed by atoms with Crippen LogP contribution in [0, 0.1) is 5.82 Å². The number of hydrogen-bond donors (Lipinski definition) is 1. The fraction of sp³-hybridized carbons (Fsp3) is 0.364. The molecule has 1 heterocycles. The van der Waals surface area contributed by atoms with Crippen molar-refractivity contribution in [3.8, 4) is 17.1 Å². The van der Waals surface area contributed by atoms with Crippen LogP contribution >= 0.6 is 15.9 Å². The van der Waals surface area contributed by atoms with E-state index in [9.17, 15) is 9.59 Å². The molecule has 1 fully saturated rings. The molecule has 1 N–H and O–H groups in total. The van der Waals surface area contributed by atoms with Gasteiger partial charge in [-0.05, 0) is 87.6 Å². The molecule has 1 aliphatic carbocycles. The number of rotatable bonds is 7. The van der Waals surface area contributed by atoms with Crippen LogP contribution in [0.4, 0.5) is 4.39 Å². The number of methoxy groups -OCH3 is 1. The van der Waals surface area contributed by atoms with Gasteiger partial charge in [0.15, 0.2) is 0 Å². The number of H-pyrrole nitrogens is 1. The number of carbonyl (C=O) groups is 2. The number of aromatic nitrogens is 2. The second kappa shape index (κ2) is 12.3. The number of nitrogens with one attached hydrogen (secondary N) is 1. The monoisotopic (exact) mass is 636 g/mol. The van der Waals surface area contributed by atoms with Crippen molar-refractivity contribution < 1.29 is 28.2 Å². The Bertz CT molecular complexity index is 1640. The first-order valence-corrected chi connectivity index (χ1v) is 14.9. The van der Waals surface area contributed by atoms with Crippen LogP contribution in [0.25, 0.3) is 22.4 Å².